The second-order valence-corrected chi connectivity index (χ2v) is 9.47. The number of carbonyl (C=O) groups excluding carboxylic acids is 1. The van der Waals surface area contributed by atoms with Crippen molar-refractivity contribution in [3.05, 3.63) is 46.9 Å². The first kappa shape index (κ1) is 18.5. The minimum absolute atomic E-state index is 0.187. The lowest BCUT2D eigenvalue weighted by Gasteiger charge is -2.18. The Morgan fingerprint density at radius 1 is 1.17 bits per heavy atom. The number of nitrogens with zero attached hydrogens (tertiary/aromatic N) is 3. The van der Waals surface area contributed by atoms with Crippen LogP contribution in [0.5, 0.6) is 0 Å². The van der Waals surface area contributed by atoms with E-state index in [9.17, 15) is 4.79 Å². The molecule has 1 saturated heterocycles. The van der Waals surface area contributed by atoms with Crippen LogP contribution in [0, 0.1) is 0 Å². The molecule has 1 fully saturated rings. The summed E-state index contributed by atoms with van der Waals surface area (Å²) in [5, 5.41) is 4.72. The Hall–Kier alpha value is -2.51. The number of likely N-dealkylation sites (tertiary alicyclic amines) is 1. The standard InChI is InChI=1S/C22H22N4OS2/c1-14(27)26-9-2-3-15(7-10-26)21-12-17-18(6-8-23-22(17)29-21)25-16-4-5-20-19(11-16)24-13-28-20/h4-6,8,11-13,15H,2-3,7,9-10H2,1H3,(H,23,25)/t15-/m0/s1. The highest BCUT2D eigenvalue weighted by Gasteiger charge is 2.22. The lowest BCUT2D eigenvalue weighted by molar-refractivity contribution is -0.128. The SMILES string of the molecule is CC(=O)N1CCC[C@H](c2cc3c(Nc4ccc5scnc5c4)ccnc3s2)CC1. The van der Waals surface area contributed by atoms with E-state index in [1.165, 1.54) is 15.0 Å². The van der Waals surface area contributed by atoms with Crippen molar-refractivity contribution in [2.75, 3.05) is 18.4 Å². The molecule has 148 valence electrons. The minimum Gasteiger partial charge on any atom is -0.355 e. The largest absolute Gasteiger partial charge is 0.355 e. The third-order valence-corrected chi connectivity index (χ3v) is 7.66. The summed E-state index contributed by atoms with van der Waals surface area (Å²) in [6, 6.07) is 10.6. The van der Waals surface area contributed by atoms with Crippen molar-refractivity contribution >= 4 is 60.4 Å². The molecule has 29 heavy (non-hydrogen) atoms. The van der Waals surface area contributed by atoms with Gasteiger partial charge >= 0.3 is 0 Å². The van der Waals surface area contributed by atoms with E-state index in [1.807, 2.05) is 22.7 Å². The van der Waals surface area contributed by atoms with Gasteiger partial charge in [0.05, 0.1) is 21.4 Å². The number of thiazole rings is 1. The first-order valence-electron chi connectivity index (χ1n) is 9.91. The molecule has 3 aromatic heterocycles. The van der Waals surface area contributed by atoms with Gasteiger partial charge in [0.15, 0.2) is 0 Å². The zero-order valence-electron chi connectivity index (χ0n) is 16.2. The number of nitrogens with one attached hydrogen (secondary N) is 1. The molecule has 5 nitrogen and oxygen atoms in total. The van der Waals surface area contributed by atoms with Gasteiger partial charge in [-0.05, 0) is 55.5 Å². The summed E-state index contributed by atoms with van der Waals surface area (Å²) >= 11 is 3.44. The predicted octanol–water partition coefficient (Wildman–Crippen LogP) is 5.77. The molecule has 1 aliphatic rings. The van der Waals surface area contributed by atoms with Gasteiger partial charge in [0.1, 0.15) is 4.83 Å². The molecule has 4 heterocycles. The lowest BCUT2D eigenvalue weighted by Crippen LogP contribution is -2.29. The minimum atomic E-state index is 0.187. The molecular formula is C22H22N4OS2. The molecule has 1 atom stereocenters. The molecule has 0 bridgehead atoms. The topological polar surface area (TPSA) is 58.1 Å². The molecule has 1 aromatic carbocycles. The van der Waals surface area contributed by atoms with Gasteiger partial charge < -0.3 is 10.2 Å². The van der Waals surface area contributed by atoms with Crippen molar-refractivity contribution in [2.45, 2.75) is 32.1 Å². The summed E-state index contributed by atoms with van der Waals surface area (Å²) in [7, 11) is 0. The Kier molecular flexibility index (Phi) is 4.93. The number of benzene rings is 1. The van der Waals surface area contributed by atoms with E-state index in [4.69, 9.17) is 0 Å². The molecule has 5 rings (SSSR count). The molecule has 4 aromatic rings. The van der Waals surface area contributed by atoms with E-state index in [0.29, 0.717) is 5.92 Å². The van der Waals surface area contributed by atoms with E-state index in [-0.39, 0.29) is 5.91 Å². The number of hydrogen-bond acceptors (Lipinski definition) is 6. The molecule has 0 aliphatic carbocycles. The van der Waals surface area contributed by atoms with Crippen LogP contribution in [0.1, 0.15) is 37.0 Å². The number of aromatic nitrogens is 2. The fourth-order valence-corrected chi connectivity index (χ4v) is 5.91. The van der Waals surface area contributed by atoms with Crippen molar-refractivity contribution in [3.63, 3.8) is 0 Å². The van der Waals surface area contributed by atoms with Crippen LogP contribution in [-0.2, 0) is 4.79 Å². The Morgan fingerprint density at radius 2 is 2.10 bits per heavy atom. The van der Waals surface area contributed by atoms with Gasteiger partial charge in [-0.2, -0.15) is 0 Å². The van der Waals surface area contributed by atoms with Crippen molar-refractivity contribution < 1.29 is 4.79 Å². The molecular weight excluding hydrogens is 400 g/mol. The third kappa shape index (κ3) is 3.72. The fraction of sp³-hybridized carbons (Fsp3) is 0.318. The molecule has 0 unspecified atom stereocenters. The number of fused-ring (bicyclic) bond motifs is 2. The second kappa shape index (κ2) is 7.72. The van der Waals surface area contributed by atoms with Crippen LogP contribution in [0.2, 0.25) is 0 Å². The average Bonchev–Trinajstić information content (AvgIpc) is 3.28. The number of pyridine rings is 1. The van der Waals surface area contributed by atoms with E-state index >= 15 is 0 Å². The Balaban J connectivity index is 1.42. The smallest absolute Gasteiger partial charge is 0.219 e. The summed E-state index contributed by atoms with van der Waals surface area (Å²) in [5.41, 5.74) is 5.01. The highest BCUT2D eigenvalue weighted by Crippen LogP contribution is 2.38. The number of carbonyl (C=O) groups is 1. The zero-order valence-corrected chi connectivity index (χ0v) is 17.9. The third-order valence-electron chi connectivity index (χ3n) is 5.64. The molecule has 7 heteroatoms. The summed E-state index contributed by atoms with van der Waals surface area (Å²) in [4.78, 5) is 25.2. The lowest BCUT2D eigenvalue weighted by atomic mass is 9.98. The average molecular weight is 423 g/mol. The van der Waals surface area contributed by atoms with Crippen molar-refractivity contribution in [3.8, 4) is 0 Å². The molecule has 0 spiro atoms. The van der Waals surface area contributed by atoms with Crippen LogP contribution in [0.3, 0.4) is 0 Å². The van der Waals surface area contributed by atoms with Crippen molar-refractivity contribution in [2.24, 2.45) is 0 Å². The van der Waals surface area contributed by atoms with Crippen LogP contribution in [-0.4, -0.2) is 33.9 Å². The number of rotatable bonds is 3. The highest BCUT2D eigenvalue weighted by atomic mass is 32.1. The molecule has 1 N–H and O–H groups in total. The van der Waals surface area contributed by atoms with Crippen LogP contribution >= 0.6 is 22.7 Å². The first-order chi connectivity index (χ1) is 14.2. The summed E-state index contributed by atoms with van der Waals surface area (Å²) < 4.78 is 1.20. The highest BCUT2D eigenvalue weighted by molar-refractivity contribution is 7.18. The van der Waals surface area contributed by atoms with E-state index in [2.05, 4.69) is 39.6 Å². The molecule has 0 saturated carbocycles. The van der Waals surface area contributed by atoms with Gasteiger partial charge in [0, 0.05) is 42.2 Å². The maximum Gasteiger partial charge on any atom is 0.219 e. The zero-order chi connectivity index (χ0) is 19.8. The fourth-order valence-electron chi connectivity index (χ4n) is 4.06. The number of amides is 1. The quantitative estimate of drug-likeness (QED) is 0.456. The van der Waals surface area contributed by atoms with Gasteiger partial charge in [0.2, 0.25) is 5.91 Å². The Morgan fingerprint density at radius 3 is 3.00 bits per heavy atom. The van der Waals surface area contributed by atoms with Gasteiger partial charge in [0.25, 0.3) is 0 Å². The Labute approximate surface area is 177 Å². The van der Waals surface area contributed by atoms with Crippen LogP contribution in [0.25, 0.3) is 20.4 Å². The van der Waals surface area contributed by atoms with E-state index in [1.54, 1.807) is 29.6 Å². The van der Waals surface area contributed by atoms with Crippen LogP contribution in [0.15, 0.2) is 42.0 Å². The summed E-state index contributed by atoms with van der Waals surface area (Å²) in [6.07, 6.45) is 5.08. The van der Waals surface area contributed by atoms with E-state index in [0.717, 1.165) is 54.1 Å². The van der Waals surface area contributed by atoms with Gasteiger partial charge in [-0.15, -0.1) is 22.7 Å². The number of thiophene rings is 1. The first-order valence-corrected chi connectivity index (χ1v) is 11.6. The monoisotopic (exact) mass is 422 g/mol. The van der Waals surface area contributed by atoms with Crippen LogP contribution < -0.4 is 5.32 Å². The number of hydrogen-bond donors (Lipinski definition) is 1. The van der Waals surface area contributed by atoms with Gasteiger partial charge in [-0.3, -0.25) is 4.79 Å². The summed E-state index contributed by atoms with van der Waals surface area (Å²) in [5.74, 6) is 0.685. The van der Waals surface area contributed by atoms with Crippen LogP contribution in [0.4, 0.5) is 11.4 Å². The van der Waals surface area contributed by atoms with Crippen molar-refractivity contribution in [1.29, 1.82) is 0 Å². The molecule has 1 aliphatic heterocycles. The van der Waals surface area contributed by atoms with Gasteiger partial charge in [-0.25, -0.2) is 9.97 Å². The van der Waals surface area contributed by atoms with Crippen molar-refractivity contribution in [1.82, 2.24) is 14.9 Å². The van der Waals surface area contributed by atoms with E-state index < -0.39 is 0 Å². The maximum absolute atomic E-state index is 11.7. The van der Waals surface area contributed by atoms with Gasteiger partial charge in [-0.1, -0.05) is 0 Å². The maximum atomic E-state index is 11.7. The molecule has 0 radical (unpaired) electrons. The summed E-state index contributed by atoms with van der Waals surface area (Å²) in [6.45, 7) is 3.39. The molecule has 1 amide bonds. The Bertz CT molecular complexity index is 1180. The number of anilines is 2. The normalized spacial score (nSPS) is 17.6. The predicted molar refractivity (Wildman–Crippen MR) is 121 cm³/mol. The second-order valence-electron chi connectivity index (χ2n) is 7.52.